The number of halogens is 1. The molecule has 1 heterocycles. The number of methoxy groups -OCH3 is 1. The van der Waals surface area contributed by atoms with E-state index >= 15 is 0 Å². The van der Waals surface area contributed by atoms with Gasteiger partial charge in [0.05, 0.1) is 18.0 Å². The Morgan fingerprint density at radius 1 is 1.38 bits per heavy atom. The monoisotopic (exact) mass is 385 g/mol. The van der Waals surface area contributed by atoms with Gasteiger partial charge in [0, 0.05) is 25.8 Å². The fraction of sp³-hybridized carbons (Fsp3) is 0.375. The maximum absolute atomic E-state index is 13.8. The van der Waals surface area contributed by atoms with Gasteiger partial charge in [0.15, 0.2) is 0 Å². The van der Waals surface area contributed by atoms with Gasteiger partial charge in [-0.1, -0.05) is 6.58 Å². The van der Waals surface area contributed by atoms with Gasteiger partial charge in [-0.05, 0) is 24.3 Å². The van der Waals surface area contributed by atoms with E-state index in [0.29, 0.717) is 0 Å². The van der Waals surface area contributed by atoms with Crippen LogP contribution < -0.4 is 10.6 Å². The molecule has 2 N–H and O–H groups in total. The molecule has 1 fully saturated rings. The van der Waals surface area contributed by atoms with Gasteiger partial charge in [0.2, 0.25) is 21.8 Å². The van der Waals surface area contributed by atoms with Crippen molar-refractivity contribution in [2.45, 2.75) is 18.6 Å². The maximum atomic E-state index is 13.8. The maximum Gasteiger partial charge on any atom is 0.247 e. The lowest BCUT2D eigenvalue weighted by Crippen LogP contribution is -2.42. The number of sulfonamides is 1. The van der Waals surface area contributed by atoms with Crippen molar-refractivity contribution >= 4 is 33.2 Å². The SMILES string of the molecule is C=CC(=O)Nc1cc(NC(=O)[C@@H]2C[C@@H](OC)CN2S(C)(=O)=O)ccc1F. The second-order valence-electron chi connectivity index (χ2n) is 5.82. The first kappa shape index (κ1) is 20.0. The van der Waals surface area contributed by atoms with Crippen LogP contribution >= 0.6 is 0 Å². The number of nitrogens with zero attached hydrogens (tertiary/aromatic N) is 1. The van der Waals surface area contributed by atoms with Crippen molar-refractivity contribution in [2.24, 2.45) is 0 Å². The van der Waals surface area contributed by atoms with E-state index in [1.165, 1.54) is 19.2 Å². The van der Waals surface area contributed by atoms with E-state index in [4.69, 9.17) is 4.74 Å². The molecular weight excluding hydrogens is 365 g/mol. The van der Waals surface area contributed by atoms with E-state index in [-0.39, 0.29) is 24.3 Å². The Labute approximate surface area is 151 Å². The normalized spacial score (nSPS) is 20.6. The molecule has 142 valence electrons. The molecule has 0 radical (unpaired) electrons. The number of rotatable bonds is 6. The van der Waals surface area contributed by atoms with Gasteiger partial charge in [0.25, 0.3) is 0 Å². The number of hydrogen-bond acceptors (Lipinski definition) is 5. The summed E-state index contributed by atoms with van der Waals surface area (Å²) in [5.41, 5.74) is 0.0824. The van der Waals surface area contributed by atoms with Gasteiger partial charge in [-0.15, -0.1) is 0 Å². The van der Waals surface area contributed by atoms with Crippen LogP contribution in [0, 0.1) is 5.82 Å². The summed E-state index contributed by atoms with van der Waals surface area (Å²) in [6, 6.07) is 2.69. The zero-order chi connectivity index (χ0) is 19.5. The van der Waals surface area contributed by atoms with Crippen LogP contribution in [0.2, 0.25) is 0 Å². The van der Waals surface area contributed by atoms with Gasteiger partial charge >= 0.3 is 0 Å². The number of benzene rings is 1. The van der Waals surface area contributed by atoms with E-state index in [9.17, 15) is 22.4 Å². The molecule has 0 bridgehead atoms. The molecule has 2 atom stereocenters. The fourth-order valence-corrected chi connectivity index (χ4v) is 3.73. The average molecular weight is 385 g/mol. The average Bonchev–Trinajstić information content (AvgIpc) is 3.02. The number of carbonyl (C=O) groups excluding carboxylic acids is 2. The van der Waals surface area contributed by atoms with Crippen molar-refractivity contribution < 1.29 is 27.1 Å². The summed E-state index contributed by atoms with van der Waals surface area (Å²) in [5.74, 6) is -1.85. The predicted molar refractivity (Wildman–Crippen MR) is 94.6 cm³/mol. The summed E-state index contributed by atoms with van der Waals surface area (Å²) in [7, 11) is -2.16. The first-order valence-corrected chi connectivity index (χ1v) is 9.54. The van der Waals surface area contributed by atoms with Crippen molar-refractivity contribution in [3.8, 4) is 0 Å². The van der Waals surface area contributed by atoms with E-state index in [1.54, 1.807) is 0 Å². The zero-order valence-electron chi connectivity index (χ0n) is 14.4. The number of nitrogens with one attached hydrogen (secondary N) is 2. The lowest BCUT2D eigenvalue weighted by atomic mass is 10.2. The largest absolute Gasteiger partial charge is 0.380 e. The molecule has 0 saturated carbocycles. The number of amides is 2. The third-order valence-corrected chi connectivity index (χ3v) is 5.21. The Bertz CT molecular complexity index is 827. The first-order valence-electron chi connectivity index (χ1n) is 7.69. The smallest absolute Gasteiger partial charge is 0.247 e. The Hall–Kier alpha value is -2.30. The van der Waals surface area contributed by atoms with E-state index in [0.717, 1.165) is 22.7 Å². The van der Waals surface area contributed by atoms with Crippen LogP contribution in [0.5, 0.6) is 0 Å². The number of hydrogen-bond donors (Lipinski definition) is 2. The highest BCUT2D eigenvalue weighted by Gasteiger charge is 2.41. The Kier molecular flexibility index (Phi) is 6.11. The third-order valence-electron chi connectivity index (χ3n) is 3.96. The summed E-state index contributed by atoms with van der Waals surface area (Å²) >= 11 is 0. The minimum atomic E-state index is -3.60. The van der Waals surface area contributed by atoms with Gasteiger partial charge in [-0.2, -0.15) is 4.31 Å². The number of ether oxygens (including phenoxy) is 1. The second-order valence-corrected chi connectivity index (χ2v) is 7.75. The first-order chi connectivity index (χ1) is 12.2. The molecule has 10 heteroatoms. The predicted octanol–water partition coefficient (Wildman–Crippen LogP) is 0.938. The van der Waals surface area contributed by atoms with Crippen LogP contribution in [0.25, 0.3) is 0 Å². The van der Waals surface area contributed by atoms with E-state index < -0.39 is 39.8 Å². The minimum absolute atomic E-state index is 0.0808. The second kappa shape index (κ2) is 7.94. The highest BCUT2D eigenvalue weighted by atomic mass is 32.2. The van der Waals surface area contributed by atoms with E-state index in [1.807, 2.05) is 0 Å². The molecule has 1 aromatic carbocycles. The highest BCUT2D eigenvalue weighted by Crippen LogP contribution is 2.25. The van der Waals surface area contributed by atoms with Gasteiger partial charge in [-0.25, -0.2) is 12.8 Å². The summed E-state index contributed by atoms with van der Waals surface area (Å²) in [5, 5.41) is 4.83. The zero-order valence-corrected chi connectivity index (χ0v) is 15.2. The number of anilines is 2. The standard InChI is InChI=1S/C16H20FN3O5S/c1-4-15(21)19-13-7-10(5-6-12(13)17)18-16(22)14-8-11(25-2)9-20(14)26(3,23)24/h4-7,11,14H,1,8-9H2,2-3H3,(H,18,22)(H,19,21)/t11-,14+/m1/s1. The summed E-state index contributed by atoms with van der Waals surface area (Å²) in [6.45, 7) is 3.36. The molecule has 26 heavy (non-hydrogen) atoms. The quantitative estimate of drug-likeness (QED) is 0.709. The Morgan fingerprint density at radius 3 is 2.65 bits per heavy atom. The molecule has 1 saturated heterocycles. The molecule has 1 aromatic rings. The fourth-order valence-electron chi connectivity index (χ4n) is 2.65. The molecule has 2 rings (SSSR count). The summed E-state index contributed by atoms with van der Waals surface area (Å²) in [6.07, 6.45) is 1.82. The molecule has 0 unspecified atom stereocenters. The molecule has 0 aliphatic carbocycles. The van der Waals surface area contributed by atoms with Gasteiger partial charge in [-0.3, -0.25) is 9.59 Å². The third kappa shape index (κ3) is 4.65. The Morgan fingerprint density at radius 2 is 2.08 bits per heavy atom. The minimum Gasteiger partial charge on any atom is -0.380 e. The summed E-state index contributed by atoms with van der Waals surface area (Å²) in [4.78, 5) is 23.9. The molecule has 0 aromatic heterocycles. The van der Waals surface area contributed by atoms with Gasteiger partial charge in [0.1, 0.15) is 11.9 Å². The summed E-state index contributed by atoms with van der Waals surface area (Å²) < 4.78 is 43.8. The van der Waals surface area contributed by atoms with Crippen molar-refractivity contribution in [2.75, 3.05) is 30.5 Å². The van der Waals surface area contributed by atoms with Crippen molar-refractivity contribution in [3.05, 3.63) is 36.7 Å². The molecule has 2 amide bonds. The van der Waals surface area contributed by atoms with Crippen LogP contribution in [0.3, 0.4) is 0 Å². The molecule has 0 spiro atoms. The number of carbonyl (C=O) groups is 2. The topological polar surface area (TPSA) is 105 Å². The molecule has 8 nitrogen and oxygen atoms in total. The van der Waals surface area contributed by atoms with Crippen molar-refractivity contribution in [3.63, 3.8) is 0 Å². The molecule has 1 aliphatic rings. The van der Waals surface area contributed by atoms with Crippen LogP contribution in [0.15, 0.2) is 30.9 Å². The lowest BCUT2D eigenvalue weighted by Gasteiger charge is -2.21. The van der Waals surface area contributed by atoms with Crippen LogP contribution in [0.4, 0.5) is 15.8 Å². The van der Waals surface area contributed by atoms with Crippen LogP contribution in [-0.4, -0.2) is 56.6 Å². The van der Waals surface area contributed by atoms with Gasteiger partial charge < -0.3 is 15.4 Å². The highest BCUT2D eigenvalue weighted by molar-refractivity contribution is 7.88. The molecular formula is C16H20FN3O5S. The van der Waals surface area contributed by atoms with Crippen molar-refractivity contribution in [1.82, 2.24) is 4.31 Å². The van der Waals surface area contributed by atoms with Crippen LogP contribution in [-0.2, 0) is 24.3 Å². The van der Waals surface area contributed by atoms with E-state index in [2.05, 4.69) is 17.2 Å². The Balaban J connectivity index is 2.19. The van der Waals surface area contributed by atoms with Crippen molar-refractivity contribution in [1.29, 1.82) is 0 Å². The lowest BCUT2D eigenvalue weighted by molar-refractivity contribution is -0.119. The van der Waals surface area contributed by atoms with Crippen LogP contribution in [0.1, 0.15) is 6.42 Å². The molecule has 1 aliphatic heterocycles.